The van der Waals surface area contributed by atoms with E-state index in [1.807, 2.05) is 0 Å². The predicted molar refractivity (Wildman–Crippen MR) is 103 cm³/mol. The first kappa shape index (κ1) is 27.1. The standard InChI is InChI=1S/C14H18O4.2C3H4O2/c15-9-1-3-13(17)11-5-7-12(8-6-11)14(18)4-2-10-16;2*1-2-3(4)5/h5-8,15-16H,1-4,9-10H2;2*2H,1H2,(H,4,5). The van der Waals surface area contributed by atoms with Crippen molar-refractivity contribution in [1.82, 2.24) is 0 Å². The number of ketones is 2. The molecule has 0 saturated heterocycles. The van der Waals surface area contributed by atoms with Gasteiger partial charge in [-0.1, -0.05) is 37.4 Å². The third-order valence-corrected chi connectivity index (χ3v) is 3.00. The van der Waals surface area contributed by atoms with Crippen molar-refractivity contribution in [2.75, 3.05) is 13.2 Å². The Labute approximate surface area is 163 Å². The van der Waals surface area contributed by atoms with E-state index in [1.54, 1.807) is 24.3 Å². The average Bonchev–Trinajstić information content (AvgIpc) is 2.71. The highest BCUT2D eigenvalue weighted by atomic mass is 16.4. The molecule has 0 spiro atoms. The molecule has 1 aromatic rings. The summed E-state index contributed by atoms with van der Waals surface area (Å²) in [5.74, 6) is -2.02. The summed E-state index contributed by atoms with van der Waals surface area (Å²) in [7, 11) is 0. The second-order valence-corrected chi connectivity index (χ2v) is 5.16. The van der Waals surface area contributed by atoms with Gasteiger partial charge in [-0.3, -0.25) is 9.59 Å². The molecule has 4 N–H and O–H groups in total. The lowest BCUT2D eigenvalue weighted by Gasteiger charge is -2.03. The van der Waals surface area contributed by atoms with Crippen molar-refractivity contribution in [2.24, 2.45) is 0 Å². The van der Waals surface area contributed by atoms with E-state index in [1.165, 1.54) is 0 Å². The van der Waals surface area contributed by atoms with Gasteiger partial charge in [-0.15, -0.1) is 0 Å². The highest BCUT2D eigenvalue weighted by Crippen LogP contribution is 2.10. The minimum absolute atomic E-state index is 0.00344. The Hall–Kier alpha value is -3.10. The zero-order valence-electron chi connectivity index (χ0n) is 15.5. The molecule has 154 valence electrons. The summed E-state index contributed by atoms with van der Waals surface area (Å²) >= 11 is 0. The number of aliphatic carboxylic acids is 2. The molecule has 0 atom stereocenters. The lowest BCUT2D eigenvalue weighted by Crippen LogP contribution is -2.03. The number of aliphatic hydroxyl groups excluding tert-OH is 2. The number of rotatable bonds is 10. The number of carbonyl (C=O) groups excluding carboxylic acids is 2. The van der Waals surface area contributed by atoms with Crippen molar-refractivity contribution in [2.45, 2.75) is 25.7 Å². The molecule has 0 unspecified atom stereocenters. The zero-order valence-corrected chi connectivity index (χ0v) is 15.5. The van der Waals surface area contributed by atoms with Crippen molar-refractivity contribution in [1.29, 1.82) is 0 Å². The second-order valence-electron chi connectivity index (χ2n) is 5.16. The maximum Gasteiger partial charge on any atom is 0.327 e. The fourth-order valence-corrected chi connectivity index (χ4v) is 1.61. The third-order valence-electron chi connectivity index (χ3n) is 3.00. The van der Waals surface area contributed by atoms with E-state index < -0.39 is 11.9 Å². The number of hydrogen-bond donors (Lipinski definition) is 4. The van der Waals surface area contributed by atoms with Gasteiger partial charge in [-0.2, -0.15) is 0 Å². The van der Waals surface area contributed by atoms with Crippen LogP contribution in [0, 0.1) is 0 Å². The van der Waals surface area contributed by atoms with Crippen LogP contribution in [0.4, 0.5) is 0 Å². The molecule has 0 fully saturated rings. The Morgan fingerprint density at radius 1 is 0.714 bits per heavy atom. The van der Waals surface area contributed by atoms with Gasteiger partial charge in [0.2, 0.25) is 0 Å². The molecule has 0 saturated carbocycles. The summed E-state index contributed by atoms with van der Waals surface area (Å²) in [5, 5.41) is 32.5. The number of aliphatic hydroxyl groups is 2. The van der Waals surface area contributed by atoms with Gasteiger partial charge in [0.15, 0.2) is 11.6 Å². The number of hydrogen-bond acceptors (Lipinski definition) is 6. The van der Waals surface area contributed by atoms with E-state index in [2.05, 4.69) is 13.2 Å². The molecule has 0 aliphatic heterocycles. The summed E-state index contributed by atoms with van der Waals surface area (Å²) in [6.45, 7) is 5.93. The fourth-order valence-electron chi connectivity index (χ4n) is 1.61. The predicted octanol–water partition coefficient (Wildman–Crippen LogP) is 2.11. The molecule has 0 radical (unpaired) electrons. The van der Waals surface area contributed by atoms with Crippen molar-refractivity contribution in [3.63, 3.8) is 0 Å². The summed E-state index contributed by atoms with van der Waals surface area (Å²) in [6.07, 6.45) is 3.20. The molecule has 0 aliphatic carbocycles. The lowest BCUT2D eigenvalue weighted by atomic mass is 10.0. The number of carboxylic acid groups (broad SMARTS) is 2. The molecule has 0 aromatic heterocycles. The molecule has 28 heavy (non-hydrogen) atoms. The van der Waals surface area contributed by atoms with Crippen molar-refractivity contribution < 1.29 is 39.6 Å². The van der Waals surface area contributed by atoms with Gasteiger partial charge in [-0.25, -0.2) is 9.59 Å². The average molecular weight is 394 g/mol. The Balaban J connectivity index is 0. The van der Waals surface area contributed by atoms with Gasteiger partial charge in [0, 0.05) is 49.3 Å². The molecule has 8 nitrogen and oxygen atoms in total. The number of benzene rings is 1. The Kier molecular flexibility index (Phi) is 16.8. The van der Waals surface area contributed by atoms with E-state index in [0.717, 1.165) is 12.2 Å². The van der Waals surface area contributed by atoms with Crippen LogP contribution in [-0.2, 0) is 9.59 Å². The summed E-state index contributed by atoms with van der Waals surface area (Å²) in [4.78, 5) is 41.8. The van der Waals surface area contributed by atoms with E-state index >= 15 is 0 Å². The molecule has 1 rings (SSSR count). The third kappa shape index (κ3) is 15.2. The Morgan fingerprint density at radius 3 is 1.14 bits per heavy atom. The van der Waals surface area contributed by atoms with Crippen LogP contribution in [0.25, 0.3) is 0 Å². The van der Waals surface area contributed by atoms with E-state index in [9.17, 15) is 19.2 Å². The van der Waals surface area contributed by atoms with Gasteiger partial charge in [-0.05, 0) is 12.8 Å². The maximum atomic E-state index is 11.6. The number of Topliss-reactive ketones (excluding diaryl/α,β-unsaturated/α-hetero) is 2. The minimum atomic E-state index is -0.981. The SMILES string of the molecule is C=CC(=O)O.C=CC(=O)O.O=C(CCCO)c1ccc(C(=O)CCCO)cc1. The second kappa shape index (κ2) is 17.3. The van der Waals surface area contributed by atoms with Crippen LogP contribution < -0.4 is 0 Å². The molecule has 0 bridgehead atoms. The van der Waals surface area contributed by atoms with Crippen molar-refractivity contribution in [3.05, 3.63) is 60.7 Å². The summed E-state index contributed by atoms with van der Waals surface area (Å²) < 4.78 is 0. The van der Waals surface area contributed by atoms with Crippen LogP contribution in [0.2, 0.25) is 0 Å². The molecule has 0 aliphatic rings. The quantitative estimate of drug-likeness (QED) is 0.348. The van der Waals surface area contributed by atoms with Crippen LogP contribution >= 0.6 is 0 Å². The Morgan fingerprint density at radius 2 is 0.964 bits per heavy atom. The van der Waals surface area contributed by atoms with Gasteiger partial charge >= 0.3 is 11.9 Å². The minimum Gasteiger partial charge on any atom is -0.478 e. The van der Waals surface area contributed by atoms with Crippen molar-refractivity contribution >= 4 is 23.5 Å². The molecule has 0 amide bonds. The van der Waals surface area contributed by atoms with Gasteiger partial charge < -0.3 is 20.4 Å². The number of carboxylic acids is 2. The summed E-state index contributed by atoms with van der Waals surface area (Å²) in [6, 6.07) is 6.52. The first-order valence-electron chi connectivity index (χ1n) is 8.32. The molecule has 0 heterocycles. The molecule has 8 heteroatoms. The van der Waals surface area contributed by atoms with Crippen LogP contribution in [0.15, 0.2) is 49.6 Å². The van der Waals surface area contributed by atoms with Gasteiger partial charge in [0.05, 0.1) is 0 Å². The van der Waals surface area contributed by atoms with Crippen LogP contribution in [-0.4, -0.2) is 57.1 Å². The van der Waals surface area contributed by atoms with E-state index in [-0.39, 0.29) is 24.8 Å². The first-order valence-corrected chi connectivity index (χ1v) is 8.32. The van der Waals surface area contributed by atoms with E-state index in [0.29, 0.717) is 36.8 Å². The Bertz CT molecular complexity index is 590. The normalized spacial score (nSPS) is 8.93. The first-order chi connectivity index (χ1) is 13.2. The van der Waals surface area contributed by atoms with Gasteiger partial charge in [0.25, 0.3) is 0 Å². The van der Waals surface area contributed by atoms with Crippen molar-refractivity contribution in [3.8, 4) is 0 Å². The molecule has 1 aromatic carbocycles. The topological polar surface area (TPSA) is 149 Å². The zero-order chi connectivity index (χ0) is 21.9. The monoisotopic (exact) mass is 394 g/mol. The number of carbonyl (C=O) groups is 4. The van der Waals surface area contributed by atoms with Crippen LogP contribution in [0.1, 0.15) is 46.4 Å². The fraction of sp³-hybridized carbons (Fsp3) is 0.300. The highest BCUT2D eigenvalue weighted by Gasteiger charge is 2.08. The smallest absolute Gasteiger partial charge is 0.327 e. The highest BCUT2D eigenvalue weighted by molar-refractivity contribution is 5.99. The van der Waals surface area contributed by atoms with Gasteiger partial charge in [0.1, 0.15) is 0 Å². The molecular formula is C20H26O8. The maximum absolute atomic E-state index is 11.6. The molecular weight excluding hydrogens is 368 g/mol. The van der Waals surface area contributed by atoms with Crippen LogP contribution in [0.5, 0.6) is 0 Å². The van der Waals surface area contributed by atoms with E-state index in [4.69, 9.17) is 20.4 Å². The lowest BCUT2D eigenvalue weighted by molar-refractivity contribution is -0.132. The largest absolute Gasteiger partial charge is 0.478 e. The summed E-state index contributed by atoms with van der Waals surface area (Å²) in [5.41, 5.74) is 1.12. The van der Waals surface area contributed by atoms with Crippen LogP contribution in [0.3, 0.4) is 0 Å².